The minimum absolute atomic E-state index is 0.0685. The van der Waals surface area contributed by atoms with Crippen molar-refractivity contribution < 1.29 is 0 Å². The molecule has 0 bridgehead atoms. The Morgan fingerprint density at radius 1 is 1.29 bits per heavy atom. The quantitative estimate of drug-likeness (QED) is 0.711. The van der Waals surface area contributed by atoms with E-state index in [1.54, 1.807) is 0 Å². The summed E-state index contributed by atoms with van der Waals surface area (Å²) in [5.41, 5.74) is 0.0685. The lowest BCUT2D eigenvalue weighted by atomic mass is 9.88. The average Bonchev–Trinajstić information content (AvgIpc) is 2.16. The largest absolute Gasteiger partial charge is 0.310 e. The van der Waals surface area contributed by atoms with Crippen molar-refractivity contribution in [2.75, 3.05) is 6.54 Å². The number of alkyl halides is 1. The van der Waals surface area contributed by atoms with Gasteiger partial charge in [0.1, 0.15) is 0 Å². The van der Waals surface area contributed by atoms with Crippen LogP contribution in [-0.2, 0) is 0 Å². The molecule has 14 heavy (non-hydrogen) atoms. The van der Waals surface area contributed by atoms with E-state index >= 15 is 0 Å². The van der Waals surface area contributed by atoms with Gasteiger partial charge in [0.25, 0.3) is 0 Å². The summed E-state index contributed by atoms with van der Waals surface area (Å²) < 4.78 is 0. The summed E-state index contributed by atoms with van der Waals surface area (Å²) >= 11 is 6.12. The van der Waals surface area contributed by atoms with Gasteiger partial charge < -0.3 is 5.32 Å². The van der Waals surface area contributed by atoms with Crippen molar-refractivity contribution in [1.82, 2.24) is 5.32 Å². The molecule has 0 aromatic rings. The molecule has 0 spiro atoms. The van der Waals surface area contributed by atoms with Gasteiger partial charge in [-0.2, -0.15) is 0 Å². The maximum Gasteiger partial charge on any atom is 0.0484 e. The number of rotatable bonds is 4. The first kappa shape index (κ1) is 12.3. The summed E-state index contributed by atoms with van der Waals surface area (Å²) in [6.45, 7) is 7.58. The fourth-order valence-electron chi connectivity index (χ4n) is 1.94. The van der Waals surface area contributed by atoms with Gasteiger partial charge in [0.2, 0.25) is 0 Å². The fraction of sp³-hybridized carbons (Fsp3) is 1.00. The molecule has 0 radical (unpaired) electrons. The second kappa shape index (κ2) is 5.37. The second-order valence-electron chi connectivity index (χ2n) is 5.22. The first-order valence-corrected chi connectivity index (χ1v) is 6.35. The smallest absolute Gasteiger partial charge is 0.0484 e. The Labute approximate surface area is 93.6 Å². The average molecular weight is 218 g/mol. The molecule has 0 heterocycles. The van der Waals surface area contributed by atoms with E-state index in [9.17, 15) is 0 Å². The predicted octanol–water partition coefficient (Wildman–Crippen LogP) is 3.56. The van der Waals surface area contributed by atoms with Crippen molar-refractivity contribution >= 4 is 11.6 Å². The Morgan fingerprint density at radius 3 is 2.36 bits per heavy atom. The van der Waals surface area contributed by atoms with Gasteiger partial charge in [-0.3, -0.25) is 0 Å². The van der Waals surface area contributed by atoms with E-state index in [1.807, 2.05) is 0 Å². The van der Waals surface area contributed by atoms with Crippen molar-refractivity contribution in [2.45, 2.75) is 63.8 Å². The lowest BCUT2D eigenvalue weighted by molar-refractivity contribution is 0.291. The third kappa shape index (κ3) is 3.78. The third-order valence-electron chi connectivity index (χ3n) is 3.57. The zero-order valence-electron chi connectivity index (χ0n) is 9.78. The minimum Gasteiger partial charge on any atom is -0.310 e. The molecule has 2 heteroatoms. The first-order chi connectivity index (χ1) is 6.52. The van der Waals surface area contributed by atoms with Gasteiger partial charge >= 0.3 is 0 Å². The van der Waals surface area contributed by atoms with Crippen LogP contribution in [0.3, 0.4) is 0 Å². The molecule has 84 valence electrons. The van der Waals surface area contributed by atoms with Crippen LogP contribution in [0.4, 0.5) is 0 Å². The normalized spacial score (nSPS) is 22.3. The number of hydrogen-bond acceptors (Lipinski definition) is 1. The molecule has 0 amide bonds. The predicted molar refractivity (Wildman–Crippen MR) is 64.0 cm³/mol. The molecule has 1 aliphatic carbocycles. The highest BCUT2D eigenvalue weighted by molar-refractivity contribution is 6.21. The minimum atomic E-state index is 0.0685. The van der Waals surface area contributed by atoms with Crippen LogP contribution < -0.4 is 5.32 Å². The zero-order chi connectivity index (χ0) is 10.6. The van der Waals surface area contributed by atoms with Gasteiger partial charge in [-0.15, -0.1) is 11.6 Å². The molecule has 0 aromatic heterocycles. The molecule has 1 unspecified atom stereocenters. The first-order valence-electron chi connectivity index (χ1n) is 5.91. The molecule has 1 aliphatic rings. The number of nitrogens with one attached hydrogen (secondary N) is 1. The maximum atomic E-state index is 6.12. The lowest BCUT2D eigenvalue weighted by Crippen LogP contribution is -2.47. The van der Waals surface area contributed by atoms with Crippen molar-refractivity contribution in [3.05, 3.63) is 0 Å². The van der Waals surface area contributed by atoms with Crippen LogP contribution in [0.1, 0.15) is 52.9 Å². The van der Waals surface area contributed by atoms with E-state index in [0.29, 0.717) is 0 Å². The van der Waals surface area contributed by atoms with Crippen molar-refractivity contribution in [1.29, 1.82) is 0 Å². The van der Waals surface area contributed by atoms with Gasteiger partial charge in [0, 0.05) is 10.9 Å². The molecule has 1 saturated carbocycles. The standard InChI is InChI=1S/C12H24ClN/c1-10(13)12(2,3)14-9-11-7-5-4-6-8-11/h10-11,14H,4-9H2,1-3H3. The van der Waals surface area contributed by atoms with Crippen molar-refractivity contribution in [2.24, 2.45) is 5.92 Å². The van der Waals surface area contributed by atoms with Gasteiger partial charge in [-0.05, 0) is 46.1 Å². The highest BCUT2D eigenvalue weighted by Gasteiger charge is 2.24. The fourth-order valence-corrected chi connectivity index (χ4v) is 2.02. The Bertz CT molecular complexity index is 160. The molecule has 1 fully saturated rings. The summed E-state index contributed by atoms with van der Waals surface area (Å²) in [5, 5.41) is 3.78. The molecule has 0 aromatic carbocycles. The molecular formula is C12H24ClN. The van der Waals surface area contributed by atoms with E-state index in [0.717, 1.165) is 12.5 Å². The van der Waals surface area contributed by atoms with Gasteiger partial charge in [-0.25, -0.2) is 0 Å². The molecule has 0 aliphatic heterocycles. The van der Waals surface area contributed by atoms with Crippen LogP contribution in [0, 0.1) is 5.92 Å². The van der Waals surface area contributed by atoms with E-state index in [2.05, 4.69) is 26.1 Å². The van der Waals surface area contributed by atoms with Crippen LogP contribution in [0.25, 0.3) is 0 Å². The third-order valence-corrected chi connectivity index (χ3v) is 4.11. The van der Waals surface area contributed by atoms with Gasteiger partial charge in [0.05, 0.1) is 0 Å². The topological polar surface area (TPSA) is 12.0 Å². The Kier molecular flexibility index (Phi) is 4.72. The van der Waals surface area contributed by atoms with Gasteiger partial charge in [0.15, 0.2) is 0 Å². The molecular weight excluding hydrogens is 194 g/mol. The summed E-state index contributed by atoms with van der Waals surface area (Å²) in [4.78, 5) is 0. The van der Waals surface area contributed by atoms with Crippen LogP contribution in [-0.4, -0.2) is 17.5 Å². The molecule has 1 atom stereocenters. The summed E-state index contributed by atoms with van der Waals surface area (Å²) in [6.07, 6.45) is 7.08. The van der Waals surface area contributed by atoms with Crippen LogP contribution >= 0.6 is 11.6 Å². The van der Waals surface area contributed by atoms with Crippen molar-refractivity contribution in [3.8, 4) is 0 Å². The zero-order valence-corrected chi connectivity index (χ0v) is 10.5. The number of hydrogen-bond donors (Lipinski definition) is 1. The van der Waals surface area contributed by atoms with Crippen LogP contribution in [0.15, 0.2) is 0 Å². The molecule has 1 N–H and O–H groups in total. The van der Waals surface area contributed by atoms with Crippen LogP contribution in [0.2, 0.25) is 0 Å². The van der Waals surface area contributed by atoms with Crippen LogP contribution in [0.5, 0.6) is 0 Å². The SMILES string of the molecule is CC(Cl)C(C)(C)NCC1CCCCC1. The Hall–Kier alpha value is 0.250. The maximum absolute atomic E-state index is 6.12. The second-order valence-corrected chi connectivity index (χ2v) is 5.88. The molecule has 0 saturated heterocycles. The summed E-state index contributed by atoms with van der Waals surface area (Å²) in [5.74, 6) is 0.887. The van der Waals surface area contributed by atoms with Crippen molar-refractivity contribution in [3.63, 3.8) is 0 Å². The monoisotopic (exact) mass is 217 g/mol. The molecule has 1 nitrogen and oxygen atoms in total. The van der Waals surface area contributed by atoms with E-state index in [-0.39, 0.29) is 10.9 Å². The number of halogens is 1. The van der Waals surface area contributed by atoms with Gasteiger partial charge in [-0.1, -0.05) is 19.3 Å². The van der Waals surface area contributed by atoms with E-state index in [4.69, 9.17) is 11.6 Å². The summed E-state index contributed by atoms with van der Waals surface area (Å²) in [7, 11) is 0. The molecule has 1 rings (SSSR count). The summed E-state index contributed by atoms with van der Waals surface area (Å²) in [6, 6.07) is 0. The van der Waals surface area contributed by atoms with E-state index in [1.165, 1.54) is 32.1 Å². The Morgan fingerprint density at radius 2 is 1.86 bits per heavy atom. The highest BCUT2D eigenvalue weighted by atomic mass is 35.5. The lowest BCUT2D eigenvalue weighted by Gasteiger charge is -2.32. The van der Waals surface area contributed by atoms with E-state index < -0.39 is 0 Å². The highest BCUT2D eigenvalue weighted by Crippen LogP contribution is 2.24. The Balaban J connectivity index is 2.24.